The van der Waals surface area contributed by atoms with Crippen molar-refractivity contribution in [2.24, 2.45) is 5.73 Å². The van der Waals surface area contributed by atoms with Gasteiger partial charge >= 0.3 is 0 Å². The Balaban J connectivity index is 3.03. The van der Waals surface area contributed by atoms with Crippen molar-refractivity contribution in [3.63, 3.8) is 0 Å². The maximum Gasteiger partial charge on any atom is 0.0723 e. The molecule has 1 aromatic rings. The van der Waals surface area contributed by atoms with Crippen molar-refractivity contribution in [1.29, 1.82) is 0 Å². The zero-order chi connectivity index (χ0) is 9.90. The van der Waals surface area contributed by atoms with Crippen LogP contribution < -0.4 is 5.73 Å². The van der Waals surface area contributed by atoms with E-state index in [2.05, 4.69) is 16.8 Å². The Morgan fingerprint density at radius 1 is 1.46 bits per heavy atom. The van der Waals surface area contributed by atoms with Crippen molar-refractivity contribution in [3.8, 4) is 0 Å². The van der Waals surface area contributed by atoms with E-state index in [9.17, 15) is 0 Å². The van der Waals surface area contributed by atoms with E-state index in [0.717, 1.165) is 5.69 Å². The lowest BCUT2D eigenvalue weighted by Gasteiger charge is -2.34. The molecule has 1 heterocycles. The van der Waals surface area contributed by atoms with E-state index in [-0.39, 0.29) is 5.54 Å². The largest absolute Gasteiger partial charge is 0.328 e. The fourth-order valence-corrected chi connectivity index (χ4v) is 1.20. The summed E-state index contributed by atoms with van der Waals surface area (Å²) in [6.07, 6.45) is 1.80. The third-order valence-electron chi connectivity index (χ3n) is 2.60. The number of pyridine rings is 1. The highest BCUT2D eigenvalue weighted by molar-refractivity contribution is 5.15. The number of hydrogen-bond donors (Lipinski definition) is 1. The van der Waals surface area contributed by atoms with E-state index >= 15 is 0 Å². The van der Waals surface area contributed by atoms with Crippen LogP contribution in [0.3, 0.4) is 0 Å². The van der Waals surface area contributed by atoms with Gasteiger partial charge in [-0.05, 0) is 33.2 Å². The second kappa shape index (κ2) is 3.85. The quantitative estimate of drug-likeness (QED) is 0.747. The maximum absolute atomic E-state index is 5.76. The zero-order valence-electron chi connectivity index (χ0n) is 8.49. The van der Waals surface area contributed by atoms with E-state index < -0.39 is 0 Å². The predicted octanol–water partition coefficient (Wildman–Crippen LogP) is 0.817. The van der Waals surface area contributed by atoms with Crippen LogP contribution in [0.1, 0.15) is 12.6 Å². The molecule has 0 spiro atoms. The molecule has 2 N–H and O–H groups in total. The molecule has 0 saturated carbocycles. The Labute approximate surface area is 79.6 Å². The van der Waals surface area contributed by atoms with Crippen LogP contribution >= 0.6 is 0 Å². The van der Waals surface area contributed by atoms with Gasteiger partial charge in [0.1, 0.15) is 0 Å². The summed E-state index contributed by atoms with van der Waals surface area (Å²) in [4.78, 5) is 6.41. The second-order valence-corrected chi connectivity index (χ2v) is 3.59. The van der Waals surface area contributed by atoms with Crippen molar-refractivity contribution in [2.45, 2.75) is 12.5 Å². The van der Waals surface area contributed by atoms with Crippen LogP contribution in [0.15, 0.2) is 24.4 Å². The molecule has 1 atom stereocenters. The van der Waals surface area contributed by atoms with E-state index in [1.54, 1.807) is 6.20 Å². The molecule has 0 aliphatic heterocycles. The van der Waals surface area contributed by atoms with Crippen molar-refractivity contribution in [3.05, 3.63) is 30.1 Å². The maximum atomic E-state index is 5.76. The third-order valence-corrected chi connectivity index (χ3v) is 2.60. The van der Waals surface area contributed by atoms with Crippen molar-refractivity contribution >= 4 is 0 Å². The van der Waals surface area contributed by atoms with Crippen LogP contribution in [0.5, 0.6) is 0 Å². The van der Waals surface area contributed by atoms with Crippen LogP contribution in [0, 0.1) is 0 Å². The molecule has 0 radical (unpaired) electrons. The fraction of sp³-hybridized carbons (Fsp3) is 0.500. The molecular weight excluding hydrogens is 162 g/mol. The highest BCUT2D eigenvalue weighted by Crippen LogP contribution is 2.21. The average Bonchev–Trinajstić information content (AvgIpc) is 2.17. The monoisotopic (exact) mass is 179 g/mol. The van der Waals surface area contributed by atoms with Crippen molar-refractivity contribution in [1.82, 2.24) is 9.88 Å². The van der Waals surface area contributed by atoms with Crippen LogP contribution in [0.4, 0.5) is 0 Å². The number of aromatic nitrogens is 1. The zero-order valence-corrected chi connectivity index (χ0v) is 8.49. The lowest BCUT2D eigenvalue weighted by molar-refractivity contribution is 0.177. The SMILES string of the molecule is CN(C)C(C)(CN)c1ccccn1. The third kappa shape index (κ3) is 1.87. The Morgan fingerprint density at radius 3 is 2.54 bits per heavy atom. The number of rotatable bonds is 3. The van der Waals surface area contributed by atoms with Gasteiger partial charge < -0.3 is 5.73 Å². The van der Waals surface area contributed by atoms with E-state index in [1.165, 1.54) is 0 Å². The minimum atomic E-state index is -0.165. The fourth-order valence-electron chi connectivity index (χ4n) is 1.20. The van der Waals surface area contributed by atoms with Gasteiger partial charge in [-0.2, -0.15) is 0 Å². The molecule has 1 aromatic heterocycles. The van der Waals surface area contributed by atoms with Crippen LogP contribution in [-0.2, 0) is 5.54 Å². The Hall–Kier alpha value is -0.930. The molecule has 0 fully saturated rings. The summed E-state index contributed by atoms with van der Waals surface area (Å²) in [5.74, 6) is 0. The first-order valence-corrected chi connectivity index (χ1v) is 4.40. The van der Waals surface area contributed by atoms with Gasteiger partial charge in [0.2, 0.25) is 0 Å². The van der Waals surface area contributed by atoms with E-state index in [0.29, 0.717) is 6.54 Å². The topological polar surface area (TPSA) is 42.1 Å². The van der Waals surface area contributed by atoms with Crippen molar-refractivity contribution < 1.29 is 0 Å². The average molecular weight is 179 g/mol. The Bertz CT molecular complexity index is 258. The minimum Gasteiger partial charge on any atom is -0.328 e. The molecule has 0 saturated heterocycles. The van der Waals surface area contributed by atoms with Gasteiger partial charge in [0.25, 0.3) is 0 Å². The highest BCUT2D eigenvalue weighted by Gasteiger charge is 2.28. The van der Waals surface area contributed by atoms with Crippen LogP contribution in [0.2, 0.25) is 0 Å². The Kier molecular flexibility index (Phi) is 3.01. The lowest BCUT2D eigenvalue weighted by atomic mass is 9.96. The summed E-state index contributed by atoms with van der Waals surface area (Å²) >= 11 is 0. The lowest BCUT2D eigenvalue weighted by Crippen LogP contribution is -2.45. The smallest absolute Gasteiger partial charge is 0.0723 e. The van der Waals surface area contributed by atoms with Crippen molar-refractivity contribution in [2.75, 3.05) is 20.6 Å². The van der Waals surface area contributed by atoms with E-state index in [4.69, 9.17) is 5.73 Å². The summed E-state index contributed by atoms with van der Waals surface area (Å²) in [7, 11) is 4.03. The minimum absolute atomic E-state index is 0.165. The predicted molar refractivity (Wildman–Crippen MR) is 54.3 cm³/mol. The first-order chi connectivity index (χ1) is 6.11. The summed E-state index contributed by atoms with van der Waals surface area (Å²) in [6, 6.07) is 5.91. The molecular formula is C10H17N3. The Morgan fingerprint density at radius 2 is 2.15 bits per heavy atom. The van der Waals surface area contributed by atoms with Gasteiger partial charge in [0.05, 0.1) is 11.2 Å². The number of likely N-dealkylation sites (N-methyl/N-ethyl adjacent to an activating group) is 1. The molecule has 13 heavy (non-hydrogen) atoms. The molecule has 0 amide bonds. The highest BCUT2D eigenvalue weighted by atomic mass is 15.2. The molecule has 0 aliphatic rings. The van der Waals surface area contributed by atoms with Gasteiger partial charge in [0.15, 0.2) is 0 Å². The molecule has 0 aromatic carbocycles. The molecule has 3 heteroatoms. The van der Waals surface area contributed by atoms with Crippen LogP contribution in [-0.4, -0.2) is 30.5 Å². The summed E-state index contributed by atoms with van der Waals surface area (Å²) in [6.45, 7) is 2.66. The van der Waals surface area contributed by atoms with E-state index in [1.807, 2.05) is 32.3 Å². The summed E-state index contributed by atoms with van der Waals surface area (Å²) in [5, 5.41) is 0. The molecule has 72 valence electrons. The van der Waals surface area contributed by atoms with Crippen LogP contribution in [0.25, 0.3) is 0 Å². The number of nitrogens with zero attached hydrogens (tertiary/aromatic N) is 2. The summed E-state index contributed by atoms with van der Waals surface area (Å²) in [5.41, 5.74) is 6.61. The summed E-state index contributed by atoms with van der Waals surface area (Å²) < 4.78 is 0. The van der Waals surface area contributed by atoms with Gasteiger partial charge in [0, 0.05) is 12.7 Å². The molecule has 1 unspecified atom stereocenters. The molecule has 1 rings (SSSR count). The molecule has 3 nitrogen and oxygen atoms in total. The van der Waals surface area contributed by atoms with Gasteiger partial charge in [-0.25, -0.2) is 0 Å². The van der Waals surface area contributed by atoms with Gasteiger partial charge in [-0.1, -0.05) is 6.07 Å². The molecule has 0 bridgehead atoms. The number of nitrogens with two attached hydrogens (primary N) is 1. The standard InChI is InChI=1S/C10H17N3/c1-10(8-11,13(2)3)9-6-4-5-7-12-9/h4-7H,8,11H2,1-3H3. The second-order valence-electron chi connectivity index (χ2n) is 3.59. The van der Waals surface area contributed by atoms with Gasteiger partial charge in [-0.3, -0.25) is 9.88 Å². The first kappa shape index (κ1) is 10.2. The normalized spacial score (nSPS) is 15.8. The first-order valence-electron chi connectivity index (χ1n) is 4.40. The number of hydrogen-bond acceptors (Lipinski definition) is 3. The molecule has 0 aliphatic carbocycles. The van der Waals surface area contributed by atoms with Gasteiger partial charge in [-0.15, -0.1) is 0 Å².